The van der Waals surface area contributed by atoms with Crippen LogP contribution in [0.25, 0.3) is 0 Å². The monoisotopic (exact) mass is 167 g/mol. The molecule has 52 valence electrons. The molecule has 1 atom stereocenters. The van der Waals surface area contributed by atoms with E-state index in [0.29, 0.717) is 0 Å². The molecule has 0 aliphatic carbocycles. The summed E-state index contributed by atoms with van der Waals surface area (Å²) < 4.78 is 20.7. The molecule has 0 aromatic rings. The quantitative estimate of drug-likeness (QED) is 0.573. The lowest BCUT2D eigenvalue weighted by Crippen LogP contribution is -2.09. The number of nitriles is 1. The Morgan fingerprint density at radius 2 is 2.22 bits per heavy atom. The largest absolute Gasteiger partial charge is 0.236 e. The van der Waals surface area contributed by atoms with Crippen molar-refractivity contribution < 1.29 is 8.42 Å². The Hall–Kier alpha value is -0.270. The van der Waals surface area contributed by atoms with Crippen LogP contribution in [0, 0.1) is 11.3 Å². The van der Waals surface area contributed by atoms with Crippen molar-refractivity contribution in [3.8, 4) is 6.07 Å². The van der Waals surface area contributed by atoms with Crippen molar-refractivity contribution in [3.63, 3.8) is 0 Å². The minimum Gasteiger partial charge on any atom is -0.212 e. The van der Waals surface area contributed by atoms with Gasteiger partial charge in [0.25, 0.3) is 0 Å². The second kappa shape index (κ2) is 3.04. The van der Waals surface area contributed by atoms with Crippen LogP contribution in [0.5, 0.6) is 0 Å². The number of nitrogens with zero attached hydrogens (tertiary/aromatic N) is 1. The highest BCUT2D eigenvalue weighted by molar-refractivity contribution is 8.14. The molecule has 0 aromatic carbocycles. The highest BCUT2D eigenvalue weighted by Gasteiger charge is 2.15. The summed E-state index contributed by atoms with van der Waals surface area (Å²) in [6.07, 6.45) is -0.0498. The third kappa shape index (κ3) is 3.33. The predicted molar refractivity (Wildman–Crippen MR) is 34.5 cm³/mol. The molecule has 5 heteroatoms. The van der Waals surface area contributed by atoms with Gasteiger partial charge in [0.2, 0.25) is 9.05 Å². The van der Waals surface area contributed by atoms with Gasteiger partial charge in [-0.2, -0.15) is 5.26 Å². The van der Waals surface area contributed by atoms with Crippen molar-refractivity contribution >= 4 is 19.7 Å². The molecule has 0 aliphatic heterocycles. The SMILES string of the molecule is C[C@@H](CC#N)S(=O)(=O)Cl. The number of hydrogen-bond donors (Lipinski definition) is 0. The molecule has 0 fully saturated rings. The first-order valence-electron chi connectivity index (χ1n) is 2.29. The lowest BCUT2D eigenvalue weighted by molar-refractivity contribution is 0.598. The molecular formula is C4H6ClNO2S. The van der Waals surface area contributed by atoms with Crippen LogP contribution in [-0.2, 0) is 9.05 Å². The van der Waals surface area contributed by atoms with Crippen LogP contribution < -0.4 is 0 Å². The van der Waals surface area contributed by atoms with Crippen LogP contribution in [0.1, 0.15) is 13.3 Å². The summed E-state index contributed by atoms with van der Waals surface area (Å²) in [5.41, 5.74) is 0. The van der Waals surface area contributed by atoms with Gasteiger partial charge in [-0.25, -0.2) is 8.42 Å². The maximum atomic E-state index is 10.3. The van der Waals surface area contributed by atoms with Gasteiger partial charge in [0, 0.05) is 10.7 Å². The minimum absolute atomic E-state index is 0.0498. The van der Waals surface area contributed by atoms with Crippen molar-refractivity contribution in [2.24, 2.45) is 0 Å². The Balaban J connectivity index is 4.10. The molecule has 0 spiro atoms. The van der Waals surface area contributed by atoms with Crippen LogP contribution in [0.3, 0.4) is 0 Å². The first kappa shape index (κ1) is 8.73. The van der Waals surface area contributed by atoms with Crippen molar-refractivity contribution in [1.82, 2.24) is 0 Å². The Morgan fingerprint density at radius 1 is 1.78 bits per heavy atom. The zero-order chi connectivity index (χ0) is 7.49. The summed E-state index contributed by atoms with van der Waals surface area (Å²) in [4.78, 5) is 0. The Kier molecular flexibility index (Phi) is 2.95. The summed E-state index contributed by atoms with van der Waals surface area (Å²) in [5.74, 6) is 0. The van der Waals surface area contributed by atoms with E-state index in [1.165, 1.54) is 6.92 Å². The maximum Gasteiger partial charge on any atom is 0.236 e. The molecule has 0 rings (SSSR count). The Bertz CT molecular complexity index is 215. The van der Waals surface area contributed by atoms with Crippen LogP contribution in [0.4, 0.5) is 0 Å². The van der Waals surface area contributed by atoms with Gasteiger partial charge >= 0.3 is 0 Å². The van der Waals surface area contributed by atoms with E-state index in [9.17, 15) is 8.42 Å². The summed E-state index contributed by atoms with van der Waals surface area (Å²) >= 11 is 0. The van der Waals surface area contributed by atoms with E-state index in [-0.39, 0.29) is 6.42 Å². The second-order valence-electron chi connectivity index (χ2n) is 1.65. The number of hydrogen-bond acceptors (Lipinski definition) is 3. The van der Waals surface area contributed by atoms with Crippen LogP contribution >= 0.6 is 10.7 Å². The van der Waals surface area contributed by atoms with E-state index in [1.54, 1.807) is 6.07 Å². The third-order valence-corrected chi connectivity index (χ3v) is 2.90. The van der Waals surface area contributed by atoms with E-state index < -0.39 is 14.3 Å². The highest BCUT2D eigenvalue weighted by atomic mass is 35.7. The average Bonchev–Trinajstić information content (AvgIpc) is 1.64. The molecule has 0 N–H and O–H groups in total. The lowest BCUT2D eigenvalue weighted by atomic mass is 10.4. The van der Waals surface area contributed by atoms with Gasteiger partial charge in [-0.3, -0.25) is 0 Å². The zero-order valence-corrected chi connectivity index (χ0v) is 6.41. The molecule has 3 nitrogen and oxygen atoms in total. The van der Waals surface area contributed by atoms with Crippen molar-refractivity contribution in [2.75, 3.05) is 0 Å². The highest BCUT2D eigenvalue weighted by Crippen LogP contribution is 2.08. The van der Waals surface area contributed by atoms with E-state index in [4.69, 9.17) is 15.9 Å². The van der Waals surface area contributed by atoms with Gasteiger partial charge in [0.15, 0.2) is 0 Å². The van der Waals surface area contributed by atoms with E-state index in [0.717, 1.165) is 0 Å². The normalized spacial score (nSPS) is 14.3. The summed E-state index contributed by atoms with van der Waals surface area (Å²) in [6, 6.07) is 1.71. The molecule has 0 radical (unpaired) electrons. The van der Waals surface area contributed by atoms with E-state index in [1.807, 2.05) is 0 Å². The van der Waals surface area contributed by atoms with Crippen LogP contribution in [0.2, 0.25) is 0 Å². The molecule has 0 unspecified atom stereocenters. The molecule has 0 aliphatic rings. The molecule has 0 amide bonds. The minimum atomic E-state index is -3.52. The fourth-order valence-electron chi connectivity index (χ4n) is 0.228. The van der Waals surface area contributed by atoms with Crippen LogP contribution in [0.15, 0.2) is 0 Å². The molecule has 0 heterocycles. The second-order valence-corrected chi connectivity index (χ2v) is 4.69. The Labute approximate surface area is 58.7 Å². The fourth-order valence-corrected chi connectivity index (χ4v) is 0.691. The van der Waals surface area contributed by atoms with Gasteiger partial charge in [0.1, 0.15) is 0 Å². The number of rotatable bonds is 2. The van der Waals surface area contributed by atoms with E-state index in [2.05, 4.69) is 0 Å². The summed E-state index contributed by atoms with van der Waals surface area (Å²) in [7, 11) is 1.37. The molecule has 0 saturated heterocycles. The smallest absolute Gasteiger partial charge is 0.212 e. The topological polar surface area (TPSA) is 57.9 Å². The average molecular weight is 168 g/mol. The molecular weight excluding hydrogens is 162 g/mol. The van der Waals surface area contributed by atoms with Crippen molar-refractivity contribution in [1.29, 1.82) is 5.26 Å². The zero-order valence-electron chi connectivity index (χ0n) is 4.83. The van der Waals surface area contributed by atoms with Gasteiger partial charge in [-0.05, 0) is 6.92 Å². The van der Waals surface area contributed by atoms with Gasteiger partial charge in [-0.15, -0.1) is 0 Å². The van der Waals surface area contributed by atoms with Gasteiger partial charge in [0.05, 0.1) is 17.7 Å². The van der Waals surface area contributed by atoms with Crippen LogP contribution in [-0.4, -0.2) is 13.7 Å². The van der Waals surface area contributed by atoms with Crippen molar-refractivity contribution in [3.05, 3.63) is 0 Å². The van der Waals surface area contributed by atoms with Gasteiger partial charge < -0.3 is 0 Å². The lowest BCUT2D eigenvalue weighted by Gasteiger charge is -1.98. The fraction of sp³-hybridized carbons (Fsp3) is 0.750. The summed E-state index contributed by atoms with van der Waals surface area (Å²) in [6.45, 7) is 1.39. The predicted octanol–water partition coefficient (Wildman–Crippen LogP) is 0.857. The first-order valence-corrected chi connectivity index (χ1v) is 4.66. The maximum absolute atomic E-state index is 10.3. The molecule has 0 aromatic heterocycles. The first-order chi connectivity index (χ1) is 3.98. The summed E-state index contributed by atoms with van der Waals surface area (Å²) in [5, 5.41) is 7.27. The molecule has 0 bridgehead atoms. The molecule has 9 heavy (non-hydrogen) atoms. The van der Waals surface area contributed by atoms with E-state index >= 15 is 0 Å². The molecule has 0 saturated carbocycles. The van der Waals surface area contributed by atoms with Gasteiger partial charge in [-0.1, -0.05) is 0 Å². The van der Waals surface area contributed by atoms with Crippen molar-refractivity contribution in [2.45, 2.75) is 18.6 Å². The third-order valence-electron chi connectivity index (χ3n) is 0.859. The number of halogens is 1. The Morgan fingerprint density at radius 3 is 2.33 bits per heavy atom. The standard InChI is InChI=1S/C4H6ClNO2S/c1-4(2-3-6)9(5,7)8/h4H,2H2,1H3/t4-/m0/s1.